The van der Waals surface area contributed by atoms with E-state index in [4.69, 9.17) is 4.74 Å². The number of rotatable bonds is 12. The van der Waals surface area contributed by atoms with Gasteiger partial charge in [-0.25, -0.2) is 4.90 Å². The monoisotopic (exact) mass is 552 g/mol. The van der Waals surface area contributed by atoms with Crippen molar-refractivity contribution in [3.63, 3.8) is 0 Å². The zero-order valence-electron chi connectivity index (χ0n) is 24.2. The molecular weight excluding hydrogens is 508 g/mol. The second-order valence-corrected chi connectivity index (χ2v) is 11.9. The average molecular weight is 553 g/mol. The molecule has 0 aromatic heterocycles. The van der Waals surface area contributed by atoms with Crippen molar-refractivity contribution in [3.8, 4) is 5.75 Å². The second-order valence-electron chi connectivity index (χ2n) is 11.9. The molecule has 9 nitrogen and oxygen atoms in total. The standard InChI is InChI=1S/C31H44N4O5/c1-4-5-6-7-18-40-24-10-8-23(9-11-24)35-29(38)19-26(30(35)39)34-16-14-33(15-17-34)13-12-32-22-25-27(36)20-31(2,3)21-28(25)37/h8-11,22,26,36H,4-7,12-21H2,1-3H3. The highest BCUT2D eigenvalue weighted by Crippen LogP contribution is 2.35. The number of aliphatic hydroxyl groups excluding tert-OH is 1. The summed E-state index contributed by atoms with van der Waals surface area (Å²) in [5, 5.41) is 10.2. The number of hydrogen-bond acceptors (Lipinski definition) is 8. The number of imide groups is 1. The Morgan fingerprint density at radius 1 is 1.02 bits per heavy atom. The van der Waals surface area contributed by atoms with Crippen LogP contribution in [0.5, 0.6) is 5.75 Å². The number of amides is 2. The van der Waals surface area contributed by atoms with Crippen LogP contribution in [0.25, 0.3) is 0 Å². The predicted octanol–water partition coefficient (Wildman–Crippen LogP) is 4.17. The van der Waals surface area contributed by atoms with E-state index in [9.17, 15) is 19.5 Å². The number of benzene rings is 1. The quantitative estimate of drug-likeness (QED) is 0.236. The number of carbonyl (C=O) groups is 3. The van der Waals surface area contributed by atoms with Crippen LogP contribution >= 0.6 is 0 Å². The first-order valence-electron chi connectivity index (χ1n) is 14.7. The number of aliphatic hydroxyl groups is 1. The third-order valence-electron chi connectivity index (χ3n) is 7.99. The maximum Gasteiger partial charge on any atom is 0.251 e. The van der Waals surface area contributed by atoms with E-state index in [-0.39, 0.29) is 35.2 Å². The van der Waals surface area contributed by atoms with Crippen LogP contribution < -0.4 is 9.64 Å². The van der Waals surface area contributed by atoms with Crippen LogP contribution in [0.2, 0.25) is 0 Å². The Kier molecular flexibility index (Phi) is 10.1. The van der Waals surface area contributed by atoms with Crippen molar-refractivity contribution in [1.29, 1.82) is 0 Å². The van der Waals surface area contributed by atoms with Crippen molar-refractivity contribution in [1.82, 2.24) is 9.80 Å². The van der Waals surface area contributed by atoms with E-state index in [1.165, 1.54) is 24.0 Å². The first kappa shape index (κ1) is 29.9. The molecule has 9 heteroatoms. The number of nitrogens with zero attached hydrogens (tertiary/aromatic N) is 4. The number of Topliss-reactive ketones (excluding diaryl/α,β-unsaturated/α-hetero) is 1. The Balaban J connectivity index is 1.22. The molecule has 1 aromatic carbocycles. The summed E-state index contributed by atoms with van der Waals surface area (Å²) >= 11 is 0. The van der Waals surface area contributed by atoms with Crippen LogP contribution in [0.3, 0.4) is 0 Å². The summed E-state index contributed by atoms with van der Waals surface area (Å²) in [5.41, 5.74) is 0.712. The molecule has 1 unspecified atom stereocenters. The second kappa shape index (κ2) is 13.5. The van der Waals surface area contributed by atoms with Gasteiger partial charge in [0.25, 0.3) is 5.91 Å². The highest BCUT2D eigenvalue weighted by atomic mass is 16.5. The predicted molar refractivity (Wildman–Crippen MR) is 156 cm³/mol. The maximum absolute atomic E-state index is 13.3. The molecule has 0 bridgehead atoms. The van der Waals surface area contributed by atoms with Crippen molar-refractivity contribution in [2.45, 2.75) is 71.8 Å². The summed E-state index contributed by atoms with van der Waals surface area (Å²) in [6, 6.07) is 6.80. The molecule has 3 aliphatic rings. The number of anilines is 1. The SMILES string of the molecule is CCCCCCOc1ccc(N2C(=O)CC(N3CCN(CCN=CC4=C(O)CC(C)(C)CC4=O)CC3)C2=O)cc1. The van der Waals surface area contributed by atoms with E-state index < -0.39 is 6.04 Å². The zero-order chi connectivity index (χ0) is 28.7. The Labute approximate surface area is 237 Å². The molecular formula is C31H44N4O5. The van der Waals surface area contributed by atoms with Crippen LogP contribution in [-0.4, -0.2) is 90.6 Å². The van der Waals surface area contributed by atoms with E-state index in [0.29, 0.717) is 50.3 Å². The smallest absolute Gasteiger partial charge is 0.251 e. The van der Waals surface area contributed by atoms with E-state index >= 15 is 0 Å². The summed E-state index contributed by atoms with van der Waals surface area (Å²) < 4.78 is 5.79. The fourth-order valence-electron chi connectivity index (χ4n) is 5.68. The van der Waals surface area contributed by atoms with E-state index in [2.05, 4.69) is 21.7 Å². The lowest BCUT2D eigenvalue weighted by Crippen LogP contribution is -2.52. The molecule has 1 N–H and O–H groups in total. The van der Waals surface area contributed by atoms with Crippen LogP contribution in [0.4, 0.5) is 5.69 Å². The number of hydrogen-bond donors (Lipinski definition) is 1. The first-order chi connectivity index (χ1) is 19.2. The Morgan fingerprint density at radius 2 is 1.75 bits per heavy atom. The minimum absolute atomic E-state index is 0.0574. The fourth-order valence-corrected chi connectivity index (χ4v) is 5.68. The van der Waals surface area contributed by atoms with E-state index in [0.717, 1.165) is 38.2 Å². The van der Waals surface area contributed by atoms with Gasteiger partial charge in [-0.05, 0) is 36.1 Å². The molecule has 2 amide bonds. The highest BCUT2D eigenvalue weighted by Gasteiger charge is 2.43. The van der Waals surface area contributed by atoms with Crippen LogP contribution in [-0.2, 0) is 14.4 Å². The van der Waals surface area contributed by atoms with Gasteiger partial charge in [-0.1, -0.05) is 40.0 Å². The van der Waals surface area contributed by atoms with Gasteiger partial charge < -0.3 is 9.84 Å². The van der Waals surface area contributed by atoms with E-state index in [1.54, 1.807) is 12.1 Å². The van der Waals surface area contributed by atoms with E-state index in [1.807, 2.05) is 26.0 Å². The molecule has 1 aliphatic carbocycles. The van der Waals surface area contributed by atoms with Gasteiger partial charge in [0.05, 0.1) is 36.9 Å². The number of unbranched alkanes of at least 4 members (excludes halogenated alkanes) is 3. The largest absolute Gasteiger partial charge is 0.511 e. The van der Waals surface area contributed by atoms with Crippen molar-refractivity contribution >= 4 is 29.5 Å². The molecule has 2 aliphatic heterocycles. The van der Waals surface area contributed by atoms with Gasteiger partial charge >= 0.3 is 0 Å². The number of ether oxygens (including phenoxy) is 1. The first-order valence-corrected chi connectivity index (χ1v) is 14.7. The number of aliphatic imine (C=N–C) groups is 1. The normalized spacial score (nSPS) is 22.6. The molecule has 40 heavy (non-hydrogen) atoms. The third-order valence-corrected chi connectivity index (χ3v) is 7.99. The Bertz CT molecular complexity index is 1120. The average Bonchev–Trinajstić information content (AvgIpc) is 3.21. The number of carbonyl (C=O) groups excluding carboxylic acids is 3. The molecule has 2 fully saturated rings. The molecule has 0 spiro atoms. The molecule has 0 radical (unpaired) electrons. The highest BCUT2D eigenvalue weighted by molar-refractivity contribution is 6.22. The summed E-state index contributed by atoms with van der Waals surface area (Å²) in [5.74, 6) is 0.491. The van der Waals surface area contributed by atoms with Gasteiger partial charge in [-0.3, -0.25) is 29.2 Å². The number of ketones is 1. The molecule has 2 saturated heterocycles. The molecule has 4 rings (SSSR count). The molecule has 0 saturated carbocycles. The lowest BCUT2D eigenvalue weighted by Gasteiger charge is -2.36. The summed E-state index contributed by atoms with van der Waals surface area (Å²) in [6.45, 7) is 11.0. The number of allylic oxidation sites excluding steroid dienone is 2. The van der Waals surface area contributed by atoms with Crippen molar-refractivity contribution < 1.29 is 24.2 Å². The topological polar surface area (TPSA) is 103 Å². The van der Waals surface area contributed by atoms with Gasteiger partial charge in [-0.15, -0.1) is 0 Å². The Hall–Kier alpha value is -3.04. The lowest BCUT2D eigenvalue weighted by molar-refractivity contribution is -0.123. The molecule has 218 valence electrons. The van der Waals surface area contributed by atoms with Gasteiger partial charge in [-0.2, -0.15) is 0 Å². The Morgan fingerprint density at radius 3 is 2.42 bits per heavy atom. The van der Waals surface area contributed by atoms with Crippen molar-refractivity contribution in [2.75, 3.05) is 50.8 Å². The summed E-state index contributed by atoms with van der Waals surface area (Å²) in [6.07, 6.45) is 7.18. The minimum atomic E-state index is -0.432. The maximum atomic E-state index is 13.3. The van der Waals surface area contributed by atoms with Crippen molar-refractivity contribution in [2.24, 2.45) is 10.4 Å². The summed E-state index contributed by atoms with van der Waals surface area (Å²) in [7, 11) is 0. The van der Waals surface area contributed by atoms with Gasteiger partial charge in [0, 0.05) is 51.8 Å². The number of piperazine rings is 1. The third kappa shape index (κ3) is 7.57. The van der Waals surface area contributed by atoms with Crippen LogP contribution in [0.1, 0.15) is 65.7 Å². The van der Waals surface area contributed by atoms with Crippen LogP contribution in [0.15, 0.2) is 40.6 Å². The minimum Gasteiger partial charge on any atom is -0.511 e. The van der Waals surface area contributed by atoms with Gasteiger partial charge in [0.15, 0.2) is 5.78 Å². The van der Waals surface area contributed by atoms with Gasteiger partial charge in [0.1, 0.15) is 11.5 Å². The van der Waals surface area contributed by atoms with Crippen molar-refractivity contribution in [3.05, 3.63) is 35.6 Å². The van der Waals surface area contributed by atoms with Crippen LogP contribution in [0, 0.1) is 5.41 Å². The molecule has 1 aromatic rings. The summed E-state index contributed by atoms with van der Waals surface area (Å²) in [4.78, 5) is 48.5. The lowest BCUT2D eigenvalue weighted by atomic mass is 9.77. The fraction of sp³-hybridized carbons (Fsp3) is 0.613. The molecule has 2 heterocycles. The van der Waals surface area contributed by atoms with Gasteiger partial charge in [0.2, 0.25) is 5.91 Å². The molecule has 1 atom stereocenters. The zero-order valence-corrected chi connectivity index (χ0v) is 24.2.